The van der Waals surface area contributed by atoms with Gasteiger partial charge in [0.05, 0.1) is 12.2 Å². The molecule has 94 valence electrons. The number of rotatable bonds is 4. The molecular weight excluding hydrogens is 214 g/mol. The fourth-order valence-corrected chi connectivity index (χ4v) is 2.06. The third-order valence-corrected chi connectivity index (χ3v) is 3.16. The van der Waals surface area contributed by atoms with Crippen molar-refractivity contribution in [3.05, 3.63) is 29.8 Å². The largest absolute Gasteiger partial charge is 0.491 e. The smallest absolute Gasteiger partial charge is 0.119 e. The molecule has 3 atom stereocenters. The molecule has 2 N–H and O–H groups in total. The number of nitrogens with two attached hydrogens (primary N) is 1. The molecule has 0 aromatic heterocycles. The summed E-state index contributed by atoms with van der Waals surface area (Å²) in [5.74, 6) is 0.887. The van der Waals surface area contributed by atoms with Crippen molar-refractivity contribution in [2.24, 2.45) is 5.73 Å². The third kappa shape index (κ3) is 3.45. The van der Waals surface area contributed by atoms with Gasteiger partial charge in [0.25, 0.3) is 0 Å². The average molecular weight is 235 g/mol. The summed E-state index contributed by atoms with van der Waals surface area (Å²) in [6.45, 7) is 4.73. The lowest BCUT2D eigenvalue weighted by atomic mass is 10.1. The Kier molecular flexibility index (Phi) is 4.02. The van der Waals surface area contributed by atoms with Crippen molar-refractivity contribution in [3.63, 3.8) is 0 Å². The average Bonchev–Trinajstić information content (AvgIpc) is 2.73. The number of benzene rings is 1. The molecule has 1 aromatic rings. The fraction of sp³-hybridized carbons (Fsp3) is 0.571. The molecule has 2 rings (SSSR count). The maximum absolute atomic E-state index is 5.79. The van der Waals surface area contributed by atoms with Crippen molar-refractivity contribution >= 4 is 0 Å². The van der Waals surface area contributed by atoms with E-state index in [1.807, 2.05) is 31.2 Å². The minimum atomic E-state index is 0.0723. The summed E-state index contributed by atoms with van der Waals surface area (Å²) >= 11 is 0. The summed E-state index contributed by atoms with van der Waals surface area (Å²) in [5, 5.41) is 0. The Bertz CT molecular complexity index is 348. The van der Waals surface area contributed by atoms with Crippen LogP contribution in [0.1, 0.15) is 38.3 Å². The van der Waals surface area contributed by atoms with Crippen LogP contribution in [0.5, 0.6) is 5.75 Å². The van der Waals surface area contributed by atoms with Crippen LogP contribution < -0.4 is 10.5 Å². The van der Waals surface area contributed by atoms with Crippen molar-refractivity contribution in [2.75, 3.05) is 6.61 Å². The zero-order chi connectivity index (χ0) is 12.3. The van der Waals surface area contributed by atoms with Crippen LogP contribution in [0.4, 0.5) is 0 Å². The first-order valence-electron chi connectivity index (χ1n) is 6.29. The second kappa shape index (κ2) is 5.52. The van der Waals surface area contributed by atoms with Gasteiger partial charge in [0.1, 0.15) is 12.4 Å². The Morgan fingerprint density at radius 3 is 2.59 bits per heavy atom. The summed E-state index contributed by atoms with van der Waals surface area (Å²) in [4.78, 5) is 0. The highest BCUT2D eigenvalue weighted by Crippen LogP contribution is 2.21. The predicted molar refractivity (Wildman–Crippen MR) is 68.1 cm³/mol. The van der Waals surface area contributed by atoms with Crippen LogP contribution in [0.2, 0.25) is 0 Å². The zero-order valence-electron chi connectivity index (χ0n) is 10.6. The molecule has 0 spiro atoms. The summed E-state index contributed by atoms with van der Waals surface area (Å²) in [6.07, 6.45) is 2.86. The highest BCUT2D eigenvalue weighted by Gasteiger charge is 2.22. The van der Waals surface area contributed by atoms with Gasteiger partial charge in [-0.25, -0.2) is 0 Å². The molecule has 0 aliphatic carbocycles. The van der Waals surface area contributed by atoms with E-state index in [1.54, 1.807) is 0 Å². The lowest BCUT2D eigenvalue weighted by Gasteiger charge is -2.13. The molecule has 1 saturated heterocycles. The highest BCUT2D eigenvalue weighted by molar-refractivity contribution is 5.28. The summed E-state index contributed by atoms with van der Waals surface area (Å²) in [5.41, 5.74) is 6.92. The third-order valence-electron chi connectivity index (χ3n) is 3.16. The summed E-state index contributed by atoms with van der Waals surface area (Å²) in [7, 11) is 0. The minimum Gasteiger partial charge on any atom is -0.491 e. The predicted octanol–water partition coefficient (Wildman–Crippen LogP) is 2.65. The number of ether oxygens (including phenoxy) is 2. The lowest BCUT2D eigenvalue weighted by Crippen LogP contribution is -2.17. The van der Waals surface area contributed by atoms with E-state index >= 15 is 0 Å². The van der Waals surface area contributed by atoms with Crippen molar-refractivity contribution in [1.82, 2.24) is 0 Å². The normalized spacial score (nSPS) is 25.8. The number of hydrogen-bond acceptors (Lipinski definition) is 3. The molecule has 0 bridgehead atoms. The fourth-order valence-electron chi connectivity index (χ4n) is 2.06. The standard InChI is InChI=1S/C14H21NO2/c1-10-3-6-14(17-10)9-16-13-7-4-12(5-8-13)11(2)15/h4-5,7-8,10-11,14H,3,6,9,15H2,1-2H3/t10?,11-,14?/m0/s1. The van der Waals surface area contributed by atoms with Gasteiger partial charge < -0.3 is 15.2 Å². The molecule has 1 fully saturated rings. The van der Waals surface area contributed by atoms with Gasteiger partial charge in [0.15, 0.2) is 0 Å². The van der Waals surface area contributed by atoms with E-state index in [1.165, 1.54) is 0 Å². The van der Waals surface area contributed by atoms with Crippen molar-refractivity contribution in [1.29, 1.82) is 0 Å². The van der Waals surface area contributed by atoms with Gasteiger partial charge >= 0.3 is 0 Å². The van der Waals surface area contributed by atoms with E-state index < -0.39 is 0 Å². The molecule has 1 aliphatic heterocycles. The van der Waals surface area contributed by atoms with Crippen molar-refractivity contribution < 1.29 is 9.47 Å². The first-order chi connectivity index (χ1) is 8.15. The second-order valence-corrected chi connectivity index (χ2v) is 4.81. The van der Waals surface area contributed by atoms with Gasteiger partial charge in [-0.05, 0) is 44.4 Å². The Balaban J connectivity index is 1.83. The van der Waals surface area contributed by atoms with Gasteiger partial charge in [-0.3, -0.25) is 0 Å². The molecule has 1 aliphatic rings. The maximum Gasteiger partial charge on any atom is 0.119 e. The summed E-state index contributed by atoms with van der Waals surface area (Å²) < 4.78 is 11.4. The van der Waals surface area contributed by atoms with Crippen LogP contribution in [0.25, 0.3) is 0 Å². The molecule has 17 heavy (non-hydrogen) atoms. The van der Waals surface area contributed by atoms with E-state index in [9.17, 15) is 0 Å². The van der Waals surface area contributed by atoms with Gasteiger partial charge in [-0.2, -0.15) is 0 Å². The quantitative estimate of drug-likeness (QED) is 0.872. The van der Waals surface area contributed by atoms with Gasteiger partial charge in [0.2, 0.25) is 0 Å². The van der Waals surface area contributed by atoms with Crippen LogP contribution in [0, 0.1) is 0 Å². The van der Waals surface area contributed by atoms with Gasteiger partial charge in [-0.1, -0.05) is 12.1 Å². The van der Waals surface area contributed by atoms with E-state index in [4.69, 9.17) is 15.2 Å². The highest BCUT2D eigenvalue weighted by atomic mass is 16.5. The SMILES string of the molecule is CC1CCC(COc2ccc([C@H](C)N)cc2)O1. The molecule has 0 radical (unpaired) electrons. The van der Waals surface area contributed by atoms with Crippen molar-refractivity contribution in [2.45, 2.75) is 44.9 Å². The lowest BCUT2D eigenvalue weighted by molar-refractivity contribution is 0.0264. The molecule has 1 heterocycles. The maximum atomic E-state index is 5.79. The number of hydrogen-bond donors (Lipinski definition) is 1. The van der Waals surface area contributed by atoms with Crippen LogP contribution >= 0.6 is 0 Å². The Morgan fingerprint density at radius 2 is 2.06 bits per heavy atom. The second-order valence-electron chi connectivity index (χ2n) is 4.81. The molecule has 1 aromatic carbocycles. The minimum absolute atomic E-state index is 0.0723. The van der Waals surface area contributed by atoms with E-state index in [-0.39, 0.29) is 12.1 Å². The molecule has 3 nitrogen and oxygen atoms in total. The topological polar surface area (TPSA) is 44.5 Å². The van der Waals surface area contributed by atoms with Gasteiger partial charge in [-0.15, -0.1) is 0 Å². The van der Waals surface area contributed by atoms with E-state index in [0.717, 1.165) is 24.2 Å². The van der Waals surface area contributed by atoms with Crippen LogP contribution in [0.3, 0.4) is 0 Å². The van der Waals surface area contributed by atoms with Crippen LogP contribution in [-0.2, 0) is 4.74 Å². The first kappa shape index (κ1) is 12.4. The molecule has 3 heteroatoms. The Morgan fingerprint density at radius 1 is 1.35 bits per heavy atom. The monoisotopic (exact) mass is 235 g/mol. The van der Waals surface area contributed by atoms with E-state index in [2.05, 4.69) is 6.92 Å². The van der Waals surface area contributed by atoms with Gasteiger partial charge in [0, 0.05) is 6.04 Å². The Labute approximate surface area is 103 Å². The zero-order valence-corrected chi connectivity index (χ0v) is 10.6. The molecule has 2 unspecified atom stereocenters. The molecular formula is C14H21NO2. The van der Waals surface area contributed by atoms with Crippen LogP contribution in [-0.4, -0.2) is 18.8 Å². The van der Waals surface area contributed by atoms with Crippen LogP contribution in [0.15, 0.2) is 24.3 Å². The molecule has 0 amide bonds. The molecule has 0 saturated carbocycles. The Hall–Kier alpha value is -1.06. The van der Waals surface area contributed by atoms with E-state index in [0.29, 0.717) is 12.7 Å². The summed E-state index contributed by atoms with van der Waals surface area (Å²) in [6, 6.07) is 8.03. The van der Waals surface area contributed by atoms with Crippen molar-refractivity contribution in [3.8, 4) is 5.75 Å². The first-order valence-corrected chi connectivity index (χ1v) is 6.29.